The van der Waals surface area contributed by atoms with E-state index < -0.39 is 0 Å². The molecule has 0 rings (SSSR count). The van der Waals surface area contributed by atoms with E-state index in [0.29, 0.717) is 0 Å². The Bertz CT molecular complexity index is 108. The first kappa shape index (κ1) is 12.0. The van der Waals surface area contributed by atoms with Gasteiger partial charge >= 0.3 is 0 Å². The molecule has 12 heavy (non-hydrogen) atoms. The van der Waals surface area contributed by atoms with Crippen molar-refractivity contribution in [1.82, 2.24) is 4.90 Å². The quantitative estimate of drug-likeness (QED) is 0.615. The largest absolute Gasteiger partial charge is 0.309 e. The normalized spacial score (nSPS) is 17.0. The Balaban J connectivity index is 4.03. The van der Waals surface area contributed by atoms with E-state index in [4.69, 9.17) is 0 Å². The molecule has 0 N–H and O–H groups in total. The van der Waals surface area contributed by atoms with Gasteiger partial charge in [-0.15, -0.1) is 0 Å². The maximum atomic E-state index is 2.37. The summed E-state index contributed by atoms with van der Waals surface area (Å²) in [6.07, 6.45) is 1.30. The molecule has 0 saturated heterocycles. The van der Waals surface area contributed by atoms with Crippen molar-refractivity contribution < 1.29 is 0 Å². The molecule has 0 aromatic heterocycles. The molecule has 0 saturated carbocycles. The molecule has 0 aliphatic heterocycles. The lowest BCUT2D eigenvalue weighted by atomic mass is 9.83. The Kier molecular flexibility index (Phi) is 5.56. The fourth-order valence-electron chi connectivity index (χ4n) is 1.77. The summed E-state index contributed by atoms with van der Waals surface area (Å²) in [5, 5.41) is 0. The van der Waals surface area contributed by atoms with Gasteiger partial charge in [0.25, 0.3) is 0 Å². The van der Waals surface area contributed by atoms with Crippen LogP contribution in [0.2, 0.25) is 0 Å². The molecular formula is C11H25N. The zero-order valence-electron chi connectivity index (χ0n) is 9.59. The number of hydrogen-bond donors (Lipinski definition) is 0. The van der Waals surface area contributed by atoms with E-state index in [1.807, 2.05) is 0 Å². The Morgan fingerprint density at radius 1 is 1.08 bits per heavy atom. The van der Waals surface area contributed by atoms with Crippen molar-refractivity contribution in [3.05, 3.63) is 0 Å². The first-order valence-electron chi connectivity index (χ1n) is 5.13. The summed E-state index contributed by atoms with van der Waals surface area (Å²) in [4.78, 5) is 2.30. The van der Waals surface area contributed by atoms with Crippen molar-refractivity contribution in [3.8, 4) is 0 Å². The van der Waals surface area contributed by atoms with E-state index in [-0.39, 0.29) is 0 Å². The van der Waals surface area contributed by atoms with Crippen molar-refractivity contribution in [3.63, 3.8) is 0 Å². The van der Waals surface area contributed by atoms with Gasteiger partial charge in [-0.2, -0.15) is 0 Å². The van der Waals surface area contributed by atoms with Gasteiger partial charge in [0.2, 0.25) is 0 Å². The van der Waals surface area contributed by atoms with Crippen molar-refractivity contribution in [2.45, 2.75) is 34.1 Å². The second-order valence-electron chi connectivity index (χ2n) is 4.56. The SMILES string of the molecule is CCC(C)C(CN(C)C)C(C)C. The summed E-state index contributed by atoms with van der Waals surface area (Å²) in [6.45, 7) is 10.6. The van der Waals surface area contributed by atoms with E-state index in [0.717, 1.165) is 17.8 Å². The predicted molar refractivity (Wildman–Crippen MR) is 56.3 cm³/mol. The van der Waals surface area contributed by atoms with Crippen molar-refractivity contribution in [2.24, 2.45) is 17.8 Å². The average Bonchev–Trinajstić information content (AvgIpc) is 1.98. The molecular weight excluding hydrogens is 146 g/mol. The van der Waals surface area contributed by atoms with E-state index >= 15 is 0 Å². The molecule has 0 spiro atoms. The molecule has 2 unspecified atom stereocenters. The molecule has 0 aliphatic rings. The molecule has 1 heteroatoms. The van der Waals surface area contributed by atoms with Crippen LogP contribution in [-0.2, 0) is 0 Å². The summed E-state index contributed by atoms with van der Waals surface area (Å²) in [5.74, 6) is 2.51. The lowest BCUT2D eigenvalue weighted by molar-refractivity contribution is 0.198. The van der Waals surface area contributed by atoms with E-state index in [1.54, 1.807) is 0 Å². The van der Waals surface area contributed by atoms with Crippen LogP contribution in [0.1, 0.15) is 34.1 Å². The molecule has 0 bridgehead atoms. The van der Waals surface area contributed by atoms with Crippen LogP contribution >= 0.6 is 0 Å². The smallest absolute Gasteiger partial charge is 0.000855 e. The lowest BCUT2D eigenvalue weighted by Crippen LogP contribution is -2.29. The Labute approximate surface area is 78.1 Å². The highest BCUT2D eigenvalue weighted by molar-refractivity contribution is 4.70. The molecule has 0 radical (unpaired) electrons. The molecule has 0 aromatic rings. The highest BCUT2D eigenvalue weighted by atomic mass is 15.1. The van der Waals surface area contributed by atoms with Crippen molar-refractivity contribution in [1.29, 1.82) is 0 Å². The molecule has 0 amide bonds. The third kappa shape index (κ3) is 4.10. The maximum absolute atomic E-state index is 2.37. The fourth-order valence-corrected chi connectivity index (χ4v) is 1.77. The Morgan fingerprint density at radius 2 is 1.58 bits per heavy atom. The van der Waals surface area contributed by atoms with Crippen LogP contribution in [0, 0.1) is 17.8 Å². The summed E-state index contributed by atoms with van der Waals surface area (Å²) in [5.41, 5.74) is 0. The fraction of sp³-hybridized carbons (Fsp3) is 1.00. The second kappa shape index (κ2) is 5.58. The van der Waals surface area contributed by atoms with Crippen LogP contribution in [0.5, 0.6) is 0 Å². The van der Waals surface area contributed by atoms with Gasteiger partial charge in [-0.3, -0.25) is 0 Å². The van der Waals surface area contributed by atoms with Gasteiger partial charge in [-0.05, 0) is 31.8 Å². The summed E-state index contributed by atoms with van der Waals surface area (Å²) >= 11 is 0. The summed E-state index contributed by atoms with van der Waals surface area (Å²) < 4.78 is 0. The van der Waals surface area contributed by atoms with Crippen LogP contribution in [-0.4, -0.2) is 25.5 Å². The molecule has 2 atom stereocenters. The minimum atomic E-state index is 0.808. The van der Waals surface area contributed by atoms with Crippen molar-refractivity contribution in [2.75, 3.05) is 20.6 Å². The topological polar surface area (TPSA) is 3.24 Å². The summed E-state index contributed by atoms with van der Waals surface area (Å²) in [7, 11) is 4.33. The van der Waals surface area contributed by atoms with Gasteiger partial charge < -0.3 is 4.90 Å². The lowest BCUT2D eigenvalue weighted by Gasteiger charge is -2.29. The standard InChI is InChI=1S/C11H25N/c1-7-10(4)11(9(2)3)8-12(5)6/h9-11H,7-8H2,1-6H3. The number of rotatable bonds is 5. The number of nitrogens with zero attached hydrogens (tertiary/aromatic N) is 1. The molecule has 0 aromatic carbocycles. The van der Waals surface area contributed by atoms with Crippen LogP contribution in [0.3, 0.4) is 0 Å². The maximum Gasteiger partial charge on any atom is 0.000855 e. The second-order valence-corrected chi connectivity index (χ2v) is 4.56. The molecule has 0 aliphatic carbocycles. The molecule has 0 heterocycles. The van der Waals surface area contributed by atoms with Crippen molar-refractivity contribution >= 4 is 0 Å². The number of hydrogen-bond acceptors (Lipinski definition) is 1. The van der Waals surface area contributed by atoms with Gasteiger partial charge in [0.05, 0.1) is 0 Å². The third-order valence-electron chi connectivity index (χ3n) is 2.81. The van der Waals surface area contributed by atoms with E-state index in [2.05, 4.69) is 46.7 Å². The Morgan fingerprint density at radius 3 is 1.83 bits per heavy atom. The van der Waals surface area contributed by atoms with Crippen LogP contribution in [0.4, 0.5) is 0 Å². The first-order valence-corrected chi connectivity index (χ1v) is 5.13. The average molecular weight is 171 g/mol. The first-order chi connectivity index (χ1) is 5.49. The molecule has 74 valence electrons. The molecule has 0 fully saturated rings. The zero-order valence-corrected chi connectivity index (χ0v) is 9.59. The minimum Gasteiger partial charge on any atom is -0.309 e. The van der Waals surface area contributed by atoms with Gasteiger partial charge in [0.1, 0.15) is 0 Å². The zero-order chi connectivity index (χ0) is 9.72. The Hall–Kier alpha value is -0.0400. The predicted octanol–water partition coefficient (Wildman–Crippen LogP) is 2.87. The van der Waals surface area contributed by atoms with Gasteiger partial charge in [0, 0.05) is 6.54 Å². The van der Waals surface area contributed by atoms with Gasteiger partial charge in [0.15, 0.2) is 0 Å². The third-order valence-corrected chi connectivity index (χ3v) is 2.81. The minimum absolute atomic E-state index is 0.808. The van der Waals surface area contributed by atoms with E-state index in [9.17, 15) is 0 Å². The highest BCUT2D eigenvalue weighted by Crippen LogP contribution is 2.23. The van der Waals surface area contributed by atoms with Crippen LogP contribution < -0.4 is 0 Å². The molecule has 1 nitrogen and oxygen atoms in total. The van der Waals surface area contributed by atoms with Crippen LogP contribution in [0.25, 0.3) is 0 Å². The van der Waals surface area contributed by atoms with Gasteiger partial charge in [-0.1, -0.05) is 34.1 Å². The monoisotopic (exact) mass is 171 g/mol. The van der Waals surface area contributed by atoms with E-state index in [1.165, 1.54) is 13.0 Å². The van der Waals surface area contributed by atoms with Crippen LogP contribution in [0.15, 0.2) is 0 Å². The summed E-state index contributed by atoms with van der Waals surface area (Å²) in [6, 6.07) is 0. The van der Waals surface area contributed by atoms with Gasteiger partial charge in [-0.25, -0.2) is 0 Å². The highest BCUT2D eigenvalue weighted by Gasteiger charge is 2.19.